The first-order valence-corrected chi connectivity index (χ1v) is 5.44. The van der Waals surface area contributed by atoms with Gasteiger partial charge in [-0.1, -0.05) is 0 Å². The van der Waals surface area contributed by atoms with Crippen LogP contribution < -0.4 is 5.32 Å². The summed E-state index contributed by atoms with van der Waals surface area (Å²) >= 11 is 0. The smallest absolute Gasteiger partial charge is 0.134 e. The highest BCUT2D eigenvalue weighted by atomic mass is 15.3. The number of fused-ring (bicyclic) bond motifs is 1. The second kappa shape index (κ2) is 3.62. The molecule has 3 heterocycles. The third-order valence-electron chi connectivity index (χ3n) is 3.00. The zero-order valence-electron chi connectivity index (χ0n) is 8.56. The lowest BCUT2D eigenvalue weighted by molar-refractivity contribution is 0.439. The van der Waals surface area contributed by atoms with Crippen LogP contribution in [0.5, 0.6) is 0 Å². The van der Waals surface area contributed by atoms with Crippen molar-refractivity contribution in [1.82, 2.24) is 19.9 Å². The Balaban J connectivity index is 2.05. The first-order valence-electron chi connectivity index (χ1n) is 5.44. The summed E-state index contributed by atoms with van der Waals surface area (Å²) in [6, 6.07) is 4.01. The van der Waals surface area contributed by atoms with Crippen molar-refractivity contribution in [2.24, 2.45) is 0 Å². The molecule has 3 rings (SSSR count). The van der Waals surface area contributed by atoms with Crippen LogP contribution in [0.15, 0.2) is 24.5 Å². The first kappa shape index (κ1) is 8.85. The highest BCUT2D eigenvalue weighted by Gasteiger charge is 2.19. The Morgan fingerprint density at radius 1 is 1.33 bits per heavy atom. The van der Waals surface area contributed by atoms with E-state index in [1.165, 1.54) is 12.8 Å². The molecule has 0 saturated carbocycles. The van der Waals surface area contributed by atoms with Crippen LogP contribution in [0.2, 0.25) is 0 Å². The first-order chi connectivity index (χ1) is 7.45. The SMILES string of the molecule is c1cc2ccnn2c(C2CCCNC2)n1. The van der Waals surface area contributed by atoms with Gasteiger partial charge in [-0.3, -0.25) is 0 Å². The third kappa shape index (κ3) is 1.51. The van der Waals surface area contributed by atoms with E-state index in [1.54, 1.807) is 0 Å². The minimum Gasteiger partial charge on any atom is -0.316 e. The summed E-state index contributed by atoms with van der Waals surface area (Å²) in [5, 5.41) is 7.73. The van der Waals surface area contributed by atoms with Gasteiger partial charge in [0.15, 0.2) is 0 Å². The summed E-state index contributed by atoms with van der Waals surface area (Å²) in [4.78, 5) is 4.46. The van der Waals surface area contributed by atoms with Crippen molar-refractivity contribution >= 4 is 5.52 Å². The van der Waals surface area contributed by atoms with E-state index in [2.05, 4.69) is 15.4 Å². The van der Waals surface area contributed by atoms with Crippen LogP contribution in [0.1, 0.15) is 24.6 Å². The molecule has 15 heavy (non-hydrogen) atoms. The maximum absolute atomic E-state index is 4.46. The van der Waals surface area contributed by atoms with Crippen molar-refractivity contribution < 1.29 is 0 Å². The van der Waals surface area contributed by atoms with Gasteiger partial charge in [-0.25, -0.2) is 9.50 Å². The number of nitrogens with one attached hydrogen (secondary N) is 1. The molecule has 0 aromatic carbocycles. The van der Waals surface area contributed by atoms with Gasteiger partial charge in [0, 0.05) is 18.7 Å². The van der Waals surface area contributed by atoms with Gasteiger partial charge < -0.3 is 5.32 Å². The zero-order valence-corrected chi connectivity index (χ0v) is 8.56. The van der Waals surface area contributed by atoms with Gasteiger partial charge in [0.05, 0.1) is 11.7 Å². The van der Waals surface area contributed by atoms with Crippen molar-refractivity contribution in [2.45, 2.75) is 18.8 Å². The van der Waals surface area contributed by atoms with Gasteiger partial charge in [-0.15, -0.1) is 0 Å². The van der Waals surface area contributed by atoms with Crippen LogP contribution in [0.4, 0.5) is 0 Å². The average molecular weight is 202 g/mol. The summed E-state index contributed by atoms with van der Waals surface area (Å²) in [5.41, 5.74) is 1.13. The van der Waals surface area contributed by atoms with Crippen LogP contribution in [-0.4, -0.2) is 27.7 Å². The van der Waals surface area contributed by atoms with E-state index in [0.717, 1.165) is 24.4 Å². The van der Waals surface area contributed by atoms with Gasteiger partial charge in [-0.2, -0.15) is 5.10 Å². The molecule has 1 aliphatic rings. The Morgan fingerprint density at radius 2 is 2.27 bits per heavy atom. The lowest BCUT2D eigenvalue weighted by Crippen LogP contribution is -2.30. The largest absolute Gasteiger partial charge is 0.316 e. The Kier molecular flexibility index (Phi) is 2.14. The fraction of sp³-hybridized carbons (Fsp3) is 0.455. The van der Waals surface area contributed by atoms with Crippen LogP contribution in [-0.2, 0) is 0 Å². The number of piperidine rings is 1. The molecule has 0 amide bonds. The normalized spacial score (nSPS) is 22.0. The monoisotopic (exact) mass is 202 g/mol. The van der Waals surface area contributed by atoms with Crippen molar-refractivity contribution in [3.8, 4) is 0 Å². The van der Waals surface area contributed by atoms with Gasteiger partial charge in [0.25, 0.3) is 0 Å². The molecule has 1 aliphatic heterocycles. The lowest BCUT2D eigenvalue weighted by atomic mass is 9.99. The van der Waals surface area contributed by atoms with Crippen LogP contribution in [0.25, 0.3) is 5.52 Å². The molecule has 2 aromatic rings. The fourth-order valence-corrected chi connectivity index (χ4v) is 2.23. The number of nitrogens with zero attached hydrogens (tertiary/aromatic N) is 3. The van der Waals surface area contributed by atoms with E-state index in [4.69, 9.17) is 0 Å². The highest BCUT2D eigenvalue weighted by Crippen LogP contribution is 2.21. The quantitative estimate of drug-likeness (QED) is 0.755. The molecule has 1 fully saturated rings. The highest BCUT2D eigenvalue weighted by molar-refractivity contribution is 5.44. The standard InChI is InChI=1S/C11H14N4/c1-2-9(8-12-5-1)11-13-6-3-10-4-7-14-15(10)11/h3-4,6-7,9,12H,1-2,5,8H2. The average Bonchev–Trinajstić information content (AvgIpc) is 2.78. The minimum atomic E-state index is 0.502. The lowest BCUT2D eigenvalue weighted by Gasteiger charge is -2.22. The number of hydrogen-bond donors (Lipinski definition) is 1. The minimum absolute atomic E-state index is 0.502. The van der Waals surface area contributed by atoms with Gasteiger partial charge in [0.2, 0.25) is 0 Å². The summed E-state index contributed by atoms with van der Waals surface area (Å²) in [6.07, 6.45) is 6.14. The molecule has 1 saturated heterocycles. The Bertz CT molecular complexity index is 456. The van der Waals surface area contributed by atoms with Gasteiger partial charge in [0.1, 0.15) is 5.82 Å². The van der Waals surface area contributed by atoms with E-state index < -0.39 is 0 Å². The summed E-state index contributed by atoms with van der Waals surface area (Å²) in [5.74, 6) is 1.59. The maximum Gasteiger partial charge on any atom is 0.134 e. The summed E-state index contributed by atoms with van der Waals surface area (Å²) in [6.45, 7) is 2.15. The molecule has 4 nitrogen and oxygen atoms in total. The van der Waals surface area contributed by atoms with E-state index in [9.17, 15) is 0 Å². The molecule has 1 unspecified atom stereocenters. The number of aromatic nitrogens is 3. The predicted molar refractivity (Wildman–Crippen MR) is 57.8 cm³/mol. The topological polar surface area (TPSA) is 42.2 Å². The number of hydrogen-bond acceptors (Lipinski definition) is 3. The van der Waals surface area contributed by atoms with E-state index in [0.29, 0.717) is 5.92 Å². The number of rotatable bonds is 1. The second-order valence-electron chi connectivity index (χ2n) is 4.01. The summed E-state index contributed by atoms with van der Waals surface area (Å²) in [7, 11) is 0. The zero-order chi connectivity index (χ0) is 10.1. The molecule has 78 valence electrons. The van der Waals surface area contributed by atoms with Gasteiger partial charge >= 0.3 is 0 Å². The Morgan fingerprint density at radius 3 is 3.13 bits per heavy atom. The van der Waals surface area contributed by atoms with Crippen molar-refractivity contribution in [1.29, 1.82) is 0 Å². The second-order valence-corrected chi connectivity index (χ2v) is 4.01. The summed E-state index contributed by atoms with van der Waals surface area (Å²) < 4.78 is 1.96. The van der Waals surface area contributed by atoms with Crippen LogP contribution in [0.3, 0.4) is 0 Å². The Labute approximate surface area is 88.3 Å². The van der Waals surface area contributed by atoms with E-state index in [-0.39, 0.29) is 0 Å². The van der Waals surface area contributed by atoms with Crippen molar-refractivity contribution in [2.75, 3.05) is 13.1 Å². The van der Waals surface area contributed by atoms with E-state index >= 15 is 0 Å². The molecule has 0 radical (unpaired) electrons. The molecule has 0 bridgehead atoms. The molecule has 4 heteroatoms. The predicted octanol–water partition coefficient (Wildman–Crippen LogP) is 1.20. The molecular weight excluding hydrogens is 188 g/mol. The Hall–Kier alpha value is -1.42. The van der Waals surface area contributed by atoms with Crippen LogP contribution in [0, 0.1) is 0 Å². The molecule has 1 atom stereocenters. The maximum atomic E-state index is 4.46. The van der Waals surface area contributed by atoms with Gasteiger partial charge in [-0.05, 0) is 31.5 Å². The molecule has 0 aliphatic carbocycles. The molecule has 2 aromatic heterocycles. The third-order valence-corrected chi connectivity index (χ3v) is 3.00. The fourth-order valence-electron chi connectivity index (χ4n) is 2.23. The van der Waals surface area contributed by atoms with Crippen molar-refractivity contribution in [3.05, 3.63) is 30.4 Å². The van der Waals surface area contributed by atoms with E-state index in [1.807, 2.05) is 29.0 Å². The molecule has 1 N–H and O–H groups in total. The molecular formula is C11H14N4. The van der Waals surface area contributed by atoms with Crippen molar-refractivity contribution in [3.63, 3.8) is 0 Å². The molecule has 0 spiro atoms. The van der Waals surface area contributed by atoms with Crippen LogP contribution >= 0.6 is 0 Å².